The number of esters is 1. The van der Waals surface area contributed by atoms with Crippen molar-refractivity contribution in [1.82, 2.24) is 0 Å². The smallest absolute Gasteiger partial charge is 0.302 e. The first kappa shape index (κ1) is 15.3. The van der Waals surface area contributed by atoms with Crippen molar-refractivity contribution in [2.75, 3.05) is 0 Å². The van der Waals surface area contributed by atoms with Gasteiger partial charge in [0.1, 0.15) is 6.10 Å². The number of rotatable bonds is 2. The molecule has 1 fully saturated rings. The van der Waals surface area contributed by atoms with E-state index in [9.17, 15) is 9.90 Å². The Labute approximate surface area is 121 Å². The fourth-order valence-electron chi connectivity index (χ4n) is 3.81. The second-order valence-corrected chi connectivity index (χ2v) is 6.71. The average molecular weight is 278 g/mol. The molecule has 0 aliphatic heterocycles. The lowest BCUT2D eigenvalue weighted by Crippen LogP contribution is -2.46. The van der Waals surface area contributed by atoms with Gasteiger partial charge in [-0.25, -0.2) is 0 Å². The zero-order valence-corrected chi connectivity index (χ0v) is 13.0. The molecule has 2 rings (SSSR count). The Morgan fingerprint density at radius 1 is 1.45 bits per heavy atom. The molecule has 112 valence electrons. The first-order valence-electron chi connectivity index (χ1n) is 7.46. The fraction of sp³-hybridized carbons (Fsp3) is 0.706. The molecule has 1 N–H and O–H groups in total. The summed E-state index contributed by atoms with van der Waals surface area (Å²) >= 11 is 0. The predicted octanol–water partition coefficient (Wildman–Crippen LogP) is 3.38. The van der Waals surface area contributed by atoms with Gasteiger partial charge >= 0.3 is 5.97 Å². The van der Waals surface area contributed by atoms with E-state index in [0.29, 0.717) is 5.92 Å². The first-order valence-corrected chi connectivity index (χ1v) is 7.46. The van der Waals surface area contributed by atoms with Crippen molar-refractivity contribution >= 4 is 5.97 Å². The highest BCUT2D eigenvalue weighted by atomic mass is 16.5. The third kappa shape index (κ3) is 2.56. The largest absolute Gasteiger partial charge is 0.462 e. The van der Waals surface area contributed by atoms with E-state index in [2.05, 4.69) is 13.5 Å². The van der Waals surface area contributed by atoms with Gasteiger partial charge in [0.25, 0.3) is 0 Å². The summed E-state index contributed by atoms with van der Waals surface area (Å²) in [6, 6.07) is 0. The fourth-order valence-corrected chi connectivity index (χ4v) is 3.81. The Hall–Kier alpha value is -1.09. The molecule has 2 aliphatic carbocycles. The van der Waals surface area contributed by atoms with Gasteiger partial charge in [0.2, 0.25) is 0 Å². The second-order valence-electron chi connectivity index (χ2n) is 6.71. The maximum absolute atomic E-state index is 11.4. The van der Waals surface area contributed by atoms with Crippen molar-refractivity contribution in [3.63, 3.8) is 0 Å². The first-order chi connectivity index (χ1) is 9.25. The molecular formula is C17H26O3. The van der Waals surface area contributed by atoms with Crippen molar-refractivity contribution in [3.05, 3.63) is 23.3 Å². The molecule has 2 aliphatic rings. The van der Waals surface area contributed by atoms with Crippen LogP contribution < -0.4 is 0 Å². The van der Waals surface area contributed by atoms with E-state index >= 15 is 0 Å². The topological polar surface area (TPSA) is 46.5 Å². The molecule has 3 nitrogen and oxygen atoms in total. The standard InChI is InChI=1S/C17H26O3/c1-10(2)13-8-14-11(3)15(19)6-7-17(14,5)16(9-13)20-12(4)18/h13,15-16,19H,1,6-9H2,2-5H3/t13-,15+,16-,17-/m0/s1. The third-order valence-electron chi connectivity index (χ3n) is 5.27. The summed E-state index contributed by atoms with van der Waals surface area (Å²) in [5.41, 5.74) is 3.36. The van der Waals surface area contributed by atoms with Crippen LogP contribution in [0.25, 0.3) is 0 Å². The lowest BCUT2D eigenvalue weighted by Gasteiger charge is -2.49. The SMILES string of the molecule is C=C(C)[C@H]1CC2=C(C)[C@H](O)CC[C@]2(C)[C@@H](OC(C)=O)C1. The van der Waals surface area contributed by atoms with Crippen LogP contribution >= 0.6 is 0 Å². The minimum Gasteiger partial charge on any atom is -0.462 e. The van der Waals surface area contributed by atoms with Gasteiger partial charge < -0.3 is 9.84 Å². The number of aliphatic hydroxyl groups excluding tert-OH is 1. The Kier molecular flexibility index (Phi) is 4.10. The summed E-state index contributed by atoms with van der Waals surface area (Å²) < 4.78 is 5.63. The average Bonchev–Trinajstić information content (AvgIpc) is 2.35. The van der Waals surface area contributed by atoms with Gasteiger partial charge in [-0.05, 0) is 51.0 Å². The molecular weight excluding hydrogens is 252 g/mol. The van der Waals surface area contributed by atoms with Gasteiger partial charge in [-0.2, -0.15) is 0 Å². The highest BCUT2D eigenvalue weighted by Crippen LogP contribution is 2.53. The maximum Gasteiger partial charge on any atom is 0.302 e. The van der Waals surface area contributed by atoms with Gasteiger partial charge in [-0.3, -0.25) is 4.79 Å². The lowest BCUT2D eigenvalue weighted by molar-refractivity contribution is -0.155. The summed E-state index contributed by atoms with van der Waals surface area (Å²) in [6.07, 6.45) is 2.96. The molecule has 0 radical (unpaired) electrons. The molecule has 0 aromatic rings. The van der Waals surface area contributed by atoms with Crippen LogP contribution in [0.1, 0.15) is 53.4 Å². The van der Waals surface area contributed by atoms with Crippen LogP contribution in [0, 0.1) is 11.3 Å². The van der Waals surface area contributed by atoms with Crippen LogP contribution in [-0.2, 0) is 9.53 Å². The molecule has 0 aromatic carbocycles. The van der Waals surface area contributed by atoms with Crippen molar-refractivity contribution in [1.29, 1.82) is 0 Å². The highest BCUT2D eigenvalue weighted by Gasteiger charge is 2.48. The number of carbonyl (C=O) groups is 1. The molecule has 4 atom stereocenters. The molecule has 0 bridgehead atoms. The van der Waals surface area contributed by atoms with E-state index < -0.39 is 0 Å². The molecule has 0 spiro atoms. The Balaban J connectivity index is 2.42. The normalized spacial score (nSPS) is 37.4. The Morgan fingerprint density at radius 3 is 2.65 bits per heavy atom. The minimum atomic E-state index is -0.347. The maximum atomic E-state index is 11.4. The van der Waals surface area contributed by atoms with Crippen LogP contribution in [0.5, 0.6) is 0 Å². The van der Waals surface area contributed by atoms with E-state index in [1.165, 1.54) is 12.5 Å². The number of hydrogen-bond donors (Lipinski definition) is 1. The molecule has 1 saturated carbocycles. The molecule has 0 heterocycles. The summed E-state index contributed by atoms with van der Waals surface area (Å²) in [7, 11) is 0. The Morgan fingerprint density at radius 2 is 2.10 bits per heavy atom. The van der Waals surface area contributed by atoms with Gasteiger partial charge in [0.15, 0.2) is 0 Å². The van der Waals surface area contributed by atoms with E-state index in [-0.39, 0.29) is 23.6 Å². The quantitative estimate of drug-likeness (QED) is 0.622. The number of hydrogen-bond acceptors (Lipinski definition) is 3. The van der Waals surface area contributed by atoms with Gasteiger partial charge in [-0.1, -0.05) is 24.6 Å². The van der Waals surface area contributed by atoms with Gasteiger partial charge in [-0.15, -0.1) is 0 Å². The summed E-state index contributed by atoms with van der Waals surface area (Å²) in [5.74, 6) is 0.115. The molecule has 20 heavy (non-hydrogen) atoms. The molecule has 0 saturated heterocycles. The number of allylic oxidation sites excluding steroid dienone is 1. The second kappa shape index (κ2) is 5.36. The Bertz CT molecular complexity index is 463. The van der Waals surface area contributed by atoms with Crippen LogP contribution in [0.2, 0.25) is 0 Å². The van der Waals surface area contributed by atoms with Crippen LogP contribution in [0.15, 0.2) is 23.3 Å². The number of ether oxygens (including phenoxy) is 1. The molecule has 0 unspecified atom stereocenters. The monoisotopic (exact) mass is 278 g/mol. The zero-order chi connectivity index (χ0) is 15.1. The lowest BCUT2D eigenvalue weighted by atomic mass is 9.59. The summed E-state index contributed by atoms with van der Waals surface area (Å²) in [6.45, 7) is 11.8. The number of fused-ring (bicyclic) bond motifs is 1. The third-order valence-corrected chi connectivity index (χ3v) is 5.27. The van der Waals surface area contributed by atoms with Crippen molar-refractivity contribution in [2.45, 2.75) is 65.6 Å². The van der Waals surface area contributed by atoms with Crippen LogP contribution in [0.4, 0.5) is 0 Å². The van der Waals surface area contributed by atoms with E-state index in [1.807, 2.05) is 13.8 Å². The van der Waals surface area contributed by atoms with Crippen LogP contribution in [0.3, 0.4) is 0 Å². The van der Waals surface area contributed by atoms with E-state index in [1.54, 1.807) is 0 Å². The van der Waals surface area contributed by atoms with Crippen molar-refractivity contribution in [3.8, 4) is 0 Å². The van der Waals surface area contributed by atoms with E-state index in [4.69, 9.17) is 4.74 Å². The predicted molar refractivity (Wildman–Crippen MR) is 79.1 cm³/mol. The number of aliphatic hydroxyl groups is 1. The highest BCUT2D eigenvalue weighted by molar-refractivity contribution is 5.66. The molecule has 3 heteroatoms. The van der Waals surface area contributed by atoms with E-state index in [0.717, 1.165) is 36.8 Å². The minimum absolute atomic E-state index is 0.104. The summed E-state index contributed by atoms with van der Waals surface area (Å²) in [4.78, 5) is 11.4. The summed E-state index contributed by atoms with van der Waals surface area (Å²) in [5, 5.41) is 10.1. The molecule has 0 amide bonds. The molecule has 0 aromatic heterocycles. The van der Waals surface area contributed by atoms with Crippen LogP contribution in [-0.4, -0.2) is 23.3 Å². The number of carbonyl (C=O) groups excluding carboxylic acids is 1. The zero-order valence-electron chi connectivity index (χ0n) is 13.0. The van der Waals surface area contributed by atoms with Crippen molar-refractivity contribution in [2.24, 2.45) is 11.3 Å². The van der Waals surface area contributed by atoms with Gasteiger partial charge in [0, 0.05) is 12.3 Å². The van der Waals surface area contributed by atoms with Gasteiger partial charge in [0.05, 0.1) is 6.10 Å². The van der Waals surface area contributed by atoms with Crippen molar-refractivity contribution < 1.29 is 14.6 Å².